The Bertz CT molecular complexity index is 1210. The summed E-state index contributed by atoms with van der Waals surface area (Å²) in [6, 6.07) is 21.1. The maximum absolute atomic E-state index is 13.5. The van der Waals surface area contributed by atoms with Crippen molar-refractivity contribution in [1.29, 1.82) is 0 Å². The van der Waals surface area contributed by atoms with Crippen LogP contribution in [0.2, 0.25) is 10.0 Å². The van der Waals surface area contributed by atoms with E-state index >= 15 is 0 Å². The summed E-state index contributed by atoms with van der Waals surface area (Å²) >= 11 is 12.4. The molecule has 0 aliphatic carbocycles. The zero-order valence-corrected chi connectivity index (χ0v) is 18.9. The summed E-state index contributed by atoms with van der Waals surface area (Å²) in [5.74, 6) is -1.78. The van der Waals surface area contributed by atoms with Gasteiger partial charge in [0.2, 0.25) is 5.91 Å². The maximum atomic E-state index is 13.5. The molecule has 8 heteroatoms. The van der Waals surface area contributed by atoms with Crippen LogP contribution < -0.4 is 0 Å². The van der Waals surface area contributed by atoms with Crippen LogP contribution in [0.25, 0.3) is 0 Å². The summed E-state index contributed by atoms with van der Waals surface area (Å²) in [5, 5.41) is 12.7. The quantitative estimate of drug-likeness (QED) is 0.531. The van der Waals surface area contributed by atoms with Gasteiger partial charge >= 0.3 is 0 Å². The average molecular weight is 483 g/mol. The minimum atomic E-state index is -0.993. The highest BCUT2D eigenvalue weighted by Gasteiger charge is 2.60. The van der Waals surface area contributed by atoms with Gasteiger partial charge in [0, 0.05) is 17.1 Å². The number of halogens is 2. The molecule has 2 saturated heterocycles. The van der Waals surface area contributed by atoms with Crippen molar-refractivity contribution in [3.05, 3.63) is 99.5 Å². The third-order valence-electron chi connectivity index (χ3n) is 6.03. The number of phenols is 1. The number of hydroxylamine groups is 2. The van der Waals surface area contributed by atoms with Gasteiger partial charge in [-0.05, 0) is 23.3 Å². The number of imide groups is 1. The first-order valence-electron chi connectivity index (χ1n) is 10.5. The highest BCUT2D eigenvalue weighted by atomic mass is 35.5. The second kappa shape index (κ2) is 8.80. The summed E-state index contributed by atoms with van der Waals surface area (Å²) in [6.07, 6.45) is -0.993. The number of phenolic OH excluding ortho intramolecular Hbond substituents is 1. The van der Waals surface area contributed by atoms with E-state index in [1.165, 1.54) is 11.0 Å². The first-order chi connectivity index (χ1) is 15.9. The Morgan fingerprint density at radius 2 is 1.45 bits per heavy atom. The largest absolute Gasteiger partial charge is 0.506 e. The molecule has 3 atom stereocenters. The number of carbonyl (C=O) groups excluding carboxylic acids is 2. The molecule has 5 rings (SSSR count). The fourth-order valence-electron chi connectivity index (χ4n) is 4.51. The van der Waals surface area contributed by atoms with Crippen molar-refractivity contribution in [3.63, 3.8) is 0 Å². The fraction of sp³-hybridized carbons (Fsp3) is 0.200. The van der Waals surface area contributed by atoms with Crippen LogP contribution in [0.1, 0.15) is 22.7 Å². The van der Waals surface area contributed by atoms with Crippen molar-refractivity contribution in [2.75, 3.05) is 0 Å². The molecule has 168 valence electrons. The van der Waals surface area contributed by atoms with Crippen LogP contribution in [0.15, 0.2) is 72.8 Å². The second-order valence-corrected chi connectivity index (χ2v) is 8.97. The van der Waals surface area contributed by atoms with Crippen molar-refractivity contribution >= 4 is 35.0 Å². The molecule has 2 amide bonds. The zero-order chi connectivity index (χ0) is 23.1. The van der Waals surface area contributed by atoms with Crippen molar-refractivity contribution in [1.82, 2.24) is 9.96 Å². The lowest BCUT2D eigenvalue weighted by Crippen LogP contribution is -2.36. The number of benzene rings is 3. The molecule has 2 fully saturated rings. The van der Waals surface area contributed by atoms with Crippen molar-refractivity contribution in [2.24, 2.45) is 5.92 Å². The number of amides is 2. The van der Waals surface area contributed by atoms with E-state index in [9.17, 15) is 14.7 Å². The van der Waals surface area contributed by atoms with Crippen molar-refractivity contribution in [2.45, 2.75) is 25.2 Å². The summed E-state index contributed by atoms with van der Waals surface area (Å²) in [7, 11) is 0. The van der Waals surface area contributed by atoms with E-state index in [2.05, 4.69) is 0 Å². The Hall–Kier alpha value is -2.90. The molecular formula is C25H20Cl2N2O4. The molecule has 0 aromatic heterocycles. The van der Waals surface area contributed by atoms with Gasteiger partial charge < -0.3 is 5.11 Å². The van der Waals surface area contributed by atoms with E-state index in [4.69, 9.17) is 28.0 Å². The Balaban J connectivity index is 1.53. The number of likely N-dealkylation sites (tertiary alicyclic amines) is 1. The number of aromatic hydroxyl groups is 1. The molecule has 3 aromatic carbocycles. The average Bonchev–Trinajstić information content (AvgIpc) is 3.28. The van der Waals surface area contributed by atoms with Gasteiger partial charge in [-0.1, -0.05) is 83.9 Å². The molecule has 2 aliphatic heterocycles. The Labute approximate surface area is 200 Å². The van der Waals surface area contributed by atoms with Crippen LogP contribution in [-0.2, 0) is 27.5 Å². The van der Waals surface area contributed by atoms with Gasteiger partial charge in [-0.15, -0.1) is 0 Å². The third-order valence-corrected chi connectivity index (χ3v) is 6.53. The van der Waals surface area contributed by atoms with Crippen LogP contribution in [0.3, 0.4) is 0 Å². The number of carbonyl (C=O) groups is 2. The van der Waals surface area contributed by atoms with E-state index in [0.29, 0.717) is 17.1 Å². The predicted molar refractivity (Wildman–Crippen MR) is 123 cm³/mol. The molecule has 6 nitrogen and oxygen atoms in total. The SMILES string of the molecule is O=C1C2ON(Cc3ccccc3)C(c3cc(Cl)cc(Cl)c3O)C2C(=O)N1Cc1ccccc1. The van der Waals surface area contributed by atoms with Gasteiger partial charge in [0.05, 0.1) is 23.5 Å². The number of rotatable bonds is 5. The van der Waals surface area contributed by atoms with E-state index in [1.54, 1.807) is 11.1 Å². The molecule has 0 radical (unpaired) electrons. The molecule has 2 heterocycles. The topological polar surface area (TPSA) is 70.1 Å². The number of hydrogen-bond donors (Lipinski definition) is 1. The summed E-state index contributed by atoms with van der Waals surface area (Å²) in [5.41, 5.74) is 2.11. The Morgan fingerprint density at radius 3 is 2.09 bits per heavy atom. The smallest absolute Gasteiger partial charge is 0.261 e. The van der Waals surface area contributed by atoms with Crippen LogP contribution in [0, 0.1) is 5.92 Å². The molecule has 3 unspecified atom stereocenters. The lowest BCUT2D eigenvalue weighted by atomic mass is 9.90. The highest BCUT2D eigenvalue weighted by molar-refractivity contribution is 6.35. The maximum Gasteiger partial charge on any atom is 0.261 e. The normalized spacial score (nSPS) is 22.7. The van der Waals surface area contributed by atoms with Crippen LogP contribution in [-0.4, -0.2) is 33.0 Å². The van der Waals surface area contributed by atoms with Gasteiger partial charge in [0.1, 0.15) is 5.75 Å². The van der Waals surface area contributed by atoms with Crippen LogP contribution in [0.4, 0.5) is 0 Å². The van der Waals surface area contributed by atoms with Gasteiger partial charge in [-0.3, -0.25) is 19.3 Å². The lowest BCUT2D eigenvalue weighted by Gasteiger charge is -2.28. The zero-order valence-electron chi connectivity index (χ0n) is 17.4. The third kappa shape index (κ3) is 4.00. The molecule has 0 bridgehead atoms. The van der Waals surface area contributed by atoms with Crippen molar-refractivity contribution in [3.8, 4) is 5.75 Å². The van der Waals surface area contributed by atoms with Gasteiger partial charge in [-0.2, -0.15) is 5.06 Å². The summed E-state index contributed by atoms with van der Waals surface area (Å²) < 4.78 is 0. The minimum absolute atomic E-state index is 0.0681. The number of hydrogen-bond acceptors (Lipinski definition) is 5. The standard InChI is InChI=1S/C25H20Cl2N2O4/c26-17-11-18(22(30)19(27)12-17)21-20-23(33-29(21)14-16-9-5-2-6-10-16)25(32)28(24(20)31)13-15-7-3-1-4-8-15/h1-12,20-21,23,30H,13-14H2. The van der Waals surface area contributed by atoms with Crippen LogP contribution >= 0.6 is 23.2 Å². The lowest BCUT2D eigenvalue weighted by molar-refractivity contribution is -0.184. The second-order valence-electron chi connectivity index (χ2n) is 8.13. The van der Waals surface area contributed by atoms with Crippen LogP contribution in [0.5, 0.6) is 5.75 Å². The van der Waals surface area contributed by atoms with Gasteiger partial charge in [0.25, 0.3) is 5.91 Å². The van der Waals surface area contributed by atoms with E-state index < -0.39 is 24.0 Å². The Kier molecular flexibility index (Phi) is 5.85. The predicted octanol–water partition coefficient (Wildman–Crippen LogP) is 4.74. The Morgan fingerprint density at radius 1 is 0.848 bits per heavy atom. The molecule has 0 spiro atoms. The monoisotopic (exact) mass is 482 g/mol. The molecule has 33 heavy (non-hydrogen) atoms. The first-order valence-corrected chi connectivity index (χ1v) is 11.2. The molecule has 3 aromatic rings. The van der Waals surface area contributed by atoms with E-state index in [0.717, 1.165) is 11.1 Å². The molecular weight excluding hydrogens is 463 g/mol. The molecule has 2 aliphatic rings. The van der Waals surface area contributed by atoms with E-state index in [-0.39, 0.29) is 23.2 Å². The molecule has 0 saturated carbocycles. The summed E-state index contributed by atoms with van der Waals surface area (Å²) in [6.45, 7) is 0.462. The fourth-order valence-corrected chi connectivity index (χ4v) is 5.02. The minimum Gasteiger partial charge on any atom is -0.506 e. The van der Waals surface area contributed by atoms with E-state index in [1.807, 2.05) is 60.7 Å². The number of fused-ring (bicyclic) bond motifs is 1. The van der Waals surface area contributed by atoms with Gasteiger partial charge in [-0.25, -0.2) is 0 Å². The molecule has 1 N–H and O–H groups in total. The van der Waals surface area contributed by atoms with Crippen molar-refractivity contribution < 1.29 is 19.5 Å². The highest BCUT2D eigenvalue weighted by Crippen LogP contribution is 2.49. The number of nitrogens with zero attached hydrogens (tertiary/aromatic N) is 2. The van der Waals surface area contributed by atoms with Gasteiger partial charge in [0.15, 0.2) is 6.10 Å². The first kappa shape index (κ1) is 21.9. The summed E-state index contributed by atoms with van der Waals surface area (Å²) in [4.78, 5) is 34.0.